The topological polar surface area (TPSA) is 15.6 Å². The lowest BCUT2D eigenvalue weighted by molar-refractivity contribution is 0.996. The molecular formula is C6H4ClIN2. The molecule has 4 heteroatoms. The Hall–Kier alpha value is -0.160. The number of nitrogens with zero attached hydrogens (tertiary/aromatic N) is 2. The van der Waals surface area contributed by atoms with Crippen LogP contribution in [0.4, 0.5) is 0 Å². The highest BCUT2D eigenvalue weighted by Gasteiger charge is 2.11. The van der Waals surface area contributed by atoms with Crippen molar-refractivity contribution in [1.29, 1.82) is 0 Å². The predicted molar refractivity (Wildman–Crippen MR) is 52.4 cm³/mol. The van der Waals surface area contributed by atoms with E-state index in [1.807, 2.05) is 22.5 Å². The van der Waals surface area contributed by atoms with Gasteiger partial charge in [-0.05, 0) is 6.08 Å². The molecule has 0 saturated heterocycles. The Bertz CT molecular complexity index is 277. The summed E-state index contributed by atoms with van der Waals surface area (Å²) in [6.07, 6.45) is 5.75. The summed E-state index contributed by atoms with van der Waals surface area (Å²) in [5.41, 5.74) is 0. The van der Waals surface area contributed by atoms with Crippen LogP contribution in [-0.2, 0) is 0 Å². The molecule has 0 radical (unpaired) electrons. The van der Waals surface area contributed by atoms with Crippen LogP contribution in [0.3, 0.4) is 0 Å². The molecule has 0 bridgehead atoms. The van der Waals surface area contributed by atoms with Gasteiger partial charge >= 0.3 is 0 Å². The van der Waals surface area contributed by atoms with Gasteiger partial charge in [0, 0.05) is 38.3 Å². The molecule has 0 spiro atoms. The molecule has 2 rings (SSSR count). The monoisotopic (exact) mass is 266 g/mol. The van der Waals surface area contributed by atoms with Crippen molar-refractivity contribution in [3.05, 3.63) is 23.4 Å². The molecular weight excluding hydrogens is 262 g/mol. The number of amidine groups is 1. The van der Waals surface area contributed by atoms with Crippen molar-refractivity contribution in [2.24, 2.45) is 4.99 Å². The molecule has 0 N–H and O–H groups in total. The third-order valence-corrected chi connectivity index (χ3v) is 3.36. The Morgan fingerprint density at radius 3 is 3.40 bits per heavy atom. The first-order valence-electron chi connectivity index (χ1n) is 2.74. The summed E-state index contributed by atoms with van der Waals surface area (Å²) in [7, 11) is 0. The normalized spacial score (nSPS) is 21.5. The zero-order valence-corrected chi connectivity index (χ0v) is 7.87. The number of rotatable bonds is 0. The van der Waals surface area contributed by atoms with Crippen LogP contribution in [0.1, 0.15) is 0 Å². The molecule has 0 amide bonds. The maximum absolute atomic E-state index is 5.75. The van der Waals surface area contributed by atoms with E-state index in [0.29, 0.717) is 0 Å². The van der Waals surface area contributed by atoms with Crippen LogP contribution in [0.15, 0.2) is 28.4 Å². The molecule has 0 fully saturated rings. The number of hydrogen-bond acceptors (Lipinski definition) is 2. The van der Waals surface area contributed by atoms with Crippen molar-refractivity contribution < 1.29 is 0 Å². The number of halogens is 2. The minimum absolute atomic E-state index is 0.0239. The summed E-state index contributed by atoms with van der Waals surface area (Å²) < 4.78 is 4.12. The fourth-order valence-electron chi connectivity index (χ4n) is 0.740. The van der Waals surface area contributed by atoms with Gasteiger partial charge in [-0.1, -0.05) is 11.6 Å². The van der Waals surface area contributed by atoms with Crippen molar-refractivity contribution >= 4 is 42.6 Å². The first kappa shape index (κ1) is 6.54. The Labute approximate surface area is 74.0 Å². The van der Waals surface area contributed by atoms with Crippen LogP contribution in [-0.4, -0.2) is 13.1 Å². The van der Waals surface area contributed by atoms with Gasteiger partial charge in [0.1, 0.15) is 5.84 Å². The smallest absolute Gasteiger partial charge is 0.143 e. The largest absolute Gasteiger partial charge is 0.278 e. The minimum Gasteiger partial charge on any atom is -0.278 e. The van der Waals surface area contributed by atoms with Crippen LogP contribution in [0.5, 0.6) is 0 Å². The summed E-state index contributed by atoms with van der Waals surface area (Å²) >= 11 is 5.72. The molecule has 0 aliphatic carbocycles. The van der Waals surface area contributed by atoms with Gasteiger partial charge in [-0.15, -0.1) is 0 Å². The van der Waals surface area contributed by atoms with Crippen molar-refractivity contribution in [1.82, 2.24) is 3.11 Å². The van der Waals surface area contributed by atoms with Crippen molar-refractivity contribution in [2.45, 2.75) is 0 Å². The van der Waals surface area contributed by atoms with Gasteiger partial charge in [-0.2, -0.15) is 0 Å². The predicted octanol–water partition coefficient (Wildman–Crippen LogP) is 2.00. The zero-order chi connectivity index (χ0) is 6.97. The zero-order valence-electron chi connectivity index (χ0n) is 4.96. The summed E-state index contributed by atoms with van der Waals surface area (Å²) in [6, 6.07) is 0. The van der Waals surface area contributed by atoms with Gasteiger partial charge in [0.2, 0.25) is 0 Å². The highest BCUT2D eigenvalue weighted by Crippen LogP contribution is 2.22. The Morgan fingerprint density at radius 1 is 1.60 bits per heavy atom. The SMILES string of the molecule is ClC1=CC2=NC=IN2C=C1. The molecule has 10 heavy (non-hydrogen) atoms. The molecule has 2 aliphatic rings. The van der Waals surface area contributed by atoms with Crippen LogP contribution < -0.4 is 0 Å². The third kappa shape index (κ3) is 1.03. The first-order valence-corrected chi connectivity index (χ1v) is 5.33. The van der Waals surface area contributed by atoms with E-state index in [0.717, 1.165) is 10.9 Å². The van der Waals surface area contributed by atoms with Gasteiger partial charge in [0.25, 0.3) is 0 Å². The second-order valence-corrected chi connectivity index (χ2v) is 4.43. The van der Waals surface area contributed by atoms with Crippen LogP contribution in [0.2, 0.25) is 0 Å². The molecule has 0 aromatic heterocycles. The fourth-order valence-corrected chi connectivity index (χ4v) is 2.47. The van der Waals surface area contributed by atoms with Crippen molar-refractivity contribution in [3.8, 4) is 0 Å². The van der Waals surface area contributed by atoms with Crippen LogP contribution in [0.25, 0.3) is 0 Å². The molecule has 0 aromatic rings. The third-order valence-electron chi connectivity index (χ3n) is 1.18. The van der Waals surface area contributed by atoms with Gasteiger partial charge < -0.3 is 0 Å². The Kier molecular flexibility index (Phi) is 1.61. The Balaban J connectivity index is 2.39. The van der Waals surface area contributed by atoms with Crippen molar-refractivity contribution in [2.75, 3.05) is 0 Å². The van der Waals surface area contributed by atoms with Crippen molar-refractivity contribution in [3.63, 3.8) is 0 Å². The van der Waals surface area contributed by atoms with Gasteiger partial charge in [-0.3, -0.25) is 3.11 Å². The molecule has 0 atom stereocenters. The molecule has 2 heterocycles. The molecule has 0 unspecified atom stereocenters. The van der Waals surface area contributed by atoms with Gasteiger partial charge in [-0.25, -0.2) is 4.99 Å². The second-order valence-electron chi connectivity index (χ2n) is 1.84. The number of fused-ring (bicyclic) bond motifs is 1. The van der Waals surface area contributed by atoms with E-state index < -0.39 is 0 Å². The molecule has 2 nitrogen and oxygen atoms in total. The molecule has 0 aromatic carbocycles. The maximum Gasteiger partial charge on any atom is 0.143 e. The van der Waals surface area contributed by atoms with E-state index in [4.69, 9.17) is 11.6 Å². The lowest BCUT2D eigenvalue weighted by atomic mass is 10.4. The molecule has 2 aliphatic heterocycles. The lowest BCUT2D eigenvalue weighted by Gasteiger charge is -2.12. The average molecular weight is 266 g/mol. The molecule has 52 valence electrons. The summed E-state index contributed by atoms with van der Waals surface area (Å²) in [4.78, 5) is 4.16. The number of hydrogen-bond donors (Lipinski definition) is 0. The van der Waals surface area contributed by atoms with E-state index in [2.05, 4.69) is 8.11 Å². The van der Waals surface area contributed by atoms with E-state index in [9.17, 15) is 0 Å². The average Bonchev–Trinajstić information content (AvgIpc) is 2.33. The quantitative estimate of drug-likeness (QED) is 0.484. The van der Waals surface area contributed by atoms with Gasteiger partial charge in [0.05, 0.1) is 4.14 Å². The van der Waals surface area contributed by atoms with E-state index in [-0.39, 0.29) is 21.0 Å². The highest BCUT2D eigenvalue weighted by molar-refractivity contribution is 14.2. The summed E-state index contributed by atoms with van der Waals surface area (Å²) in [5, 5.41) is 0.759. The first-order chi connectivity index (χ1) is 4.86. The summed E-state index contributed by atoms with van der Waals surface area (Å²) in [5.74, 6) is 0.986. The fraction of sp³-hybridized carbons (Fsp3) is 0. The van der Waals surface area contributed by atoms with Crippen LogP contribution in [0, 0.1) is 0 Å². The Morgan fingerprint density at radius 2 is 2.50 bits per heavy atom. The van der Waals surface area contributed by atoms with E-state index >= 15 is 0 Å². The second kappa shape index (κ2) is 2.47. The standard InChI is InChI=1S/C6H4ClIN2/c7-5-1-2-10-6(3-5)9-4-8-10/h1-4H. The minimum atomic E-state index is -0.0239. The molecule has 0 saturated carbocycles. The van der Waals surface area contributed by atoms with E-state index in [1.54, 1.807) is 0 Å². The summed E-state index contributed by atoms with van der Waals surface area (Å²) in [6.45, 7) is 0. The van der Waals surface area contributed by atoms with E-state index in [1.165, 1.54) is 0 Å². The number of aliphatic imine (C=N–C) groups is 1. The highest BCUT2D eigenvalue weighted by atomic mass is 127. The lowest BCUT2D eigenvalue weighted by Crippen LogP contribution is -2.12. The number of allylic oxidation sites excluding steroid dienone is 2. The van der Waals surface area contributed by atoms with Gasteiger partial charge in [0.15, 0.2) is 0 Å². The maximum atomic E-state index is 5.75. The van der Waals surface area contributed by atoms with Crippen LogP contribution >= 0.6 is 32.6 Å².